The topological polar surface area (TPSA) is 51.2 Å². The van der Waals surface area contributed by atoms with Crippen LogP contribution in [0, 0.1) is 0 Å². The summed E-state index contributed by atoms with van der Waals surface area (Å²) in [6, 6.07) is 4.13. The summed E-state index contributed by atoms with van der Waals surface area (Å²) in [6.45, 7) is 3.04. The summed E-state index contributed by atoms with van der Waals surface area (Å²) in [5.74, 6) is -0.163. The molecule has 102 valence electrons. The minimum atomic E-state index is -0.163. The summed E-state index contributed by atoms with van der Waals surface area (Å²) in [5, 5.41) is 8.22. The molecule has 0 aliphatic heterocycles. The number of hydrogen-bond acceptors (Lipinski definition) is 6. The molecule has 0 atom stereocenters. The van der Waals surface area contributed by atoms with E-state index in [1.807, 2.05) is 18.4 Å². The van der Waals surface area contributed by atoms with Crippen LogP contribution in [0.1, 0.15) is 23.9 Å². The number of esters is 1. The van der Waals surface area contributed by atoms with E-state index in [1.54, 1.807) is 22.7 Å². The molecule has 0 aromatic carbocycles. The molecule has 0 radical (unpaired) electrons. The van der Waals surface area contributed by atoms with E-state index in [0.717, 1.165) is 17.4 Å². The number of rotatable bonds is 7. The molecule has 1 N–H and O–H groups in total. The Labute approximate surface area is 120 Å². The van der Waals surface area contributed by atoms with Crippen LogP contribution >= 0.6 is 22.7 Å². The number of aromatic nitrogens is 1. The van der Waals surface area contributed by atoms with Crippen molar-refractivity contribution in [2.75, 3.05) is 11.9 Å². The third kappa shape index (κ3) is 4.65. The highest BCUT2D eigenvalue weighted by molar-refractivity contribution is 7.13. The number of nitrogens with one attached hydrogen (secondary N) is 1. The summed E-state index contributed by atoms with van der Waals surface area (Å²) in [4.78, 5) is 17.0. The van der Waals surface area contributed by atoms with Crippen molar-refractivity contribution < 1.29 is 9.53 Å². The number of carbonyl (C=O) groups excluding carboxylic acids is 1. The molecule has 6 heteroatoms. The van der Waals surface area contributed by atoms with E-state index in [4.69, 9.17) is 4.74 Å². The van der Waals surface area contributed by atoms with E-state index < -0.39 is 0 Å². The molecular formula is C13H16N2O2S2. The minimum Gasteiger partial charge on any atom is -0.466 e. The maximum atomic E-state index is 11.2. The van der Waals surface area contributed by atoms with Crippen LogP contribution in [0.15, 0.2) is 22.9 Å². The van der Waals surface area contributed by atoms with Gasteiger partial charge in [0.15, 0.2) is 5.13 Å². The Morgan fingerprint density at radius 1 is 1.47 bits per heavy atom. The molecule has 2 rings (SSSR count). The lowest BCUT2D eigenvalue weighted by Crippen LogP contribution is -2.05. The predicted octanol–water partition coefficient (Wildman–Crippen LogP) is 3.31. The quantitative estimate of drug-likeness (QED) is 0.796. The lowest BCUT2D eigenvalue weighted by atomic mass is 10.2. The van der Waals surface area contributed by atoms with E-state index in [0.29, 0.717) is 19.4 Å². The van der Waals surface area contributed by atoms with Gasteiger partial charge in [0.25, 0.3) is 0 Å². The Balaban J connectivity index is 1.77. The number of nitrogens with zero attached hydrogens (tertiary/aromatic N) is 1. The highest BCUT2D eigenvalue weighted by atomic mass is 32.1. The van der Waals surface area contributed by atoms with Gasteiger partial charge in [-0.1, -0.05) is 6.07 Å². The lowest BCUT2D eigenvalue weighted by molar-refractivity contribution is -0.143. The molecule has 0 aliphatic rings. The van der Waals surface area contributed by atoms with Crippen molar-refractivity contribution in [2.24, 2.45) is 0 Å². The normalized spacial score (nSPS) is 10.4. The van der Waals surface area contributed by atoms with Crippen molar-refractivity contribution in [1.82, 2.24) is 4.98 Å². The average molecular weight is 296 g/mol. The van der Waals surface area contributed by atoms with Crippen molar-refractivity contribution in [2.45, 2.75) is 26.3 Å². The van der Waals surface area contributed by atoms with Gasteiger partial charge in [-0.05, 0) is 18.4 Å². The van der Waals surface area contributed by atoms with Gasteiger partial charge >= 0.3 is 5.97 Å². The van der Waals surface area contributed by atoms with Crippen LogP contribution in [0.3, 0.4) is 0 Å². The first-order chi connectivity index (χ1) is 9.28. The summed E-state index contributed by atoms with van der Waals surface area (Å²) >= 11 is 3.29. The van der Waals surface area contributed by atoms with E-state index in [2.05, 4.69) is 21.7 Å². The zero-order valence-electron chi connectivity index (χ0n) is 10.7. The van der Waals surface area contributed by atoms with Crippen molar-refractivity contribution in [1.29, 1.82) is 0 Å². The summed E-state index contributed by atoms with van der Waals surface area (Å²) in [6.07, 6.45) is 1.03. The Bertz CT molecular complexity index is 508. The van der Waals surface area contributed by atoms with Crippen LogP contribution in [-0.2, 0) is 22.5 Å². The van der Waals surface area contributed by atoms with Crippen LogP contribution in [-0.4, -0.2) is 17.6 Å². The van der Waals surface area contributed by atoms with Crippen LogP contribution in [0.4, 0.5) is 5.13 Å². The van der Waals surface area contributed by atoms with Crippen molar-refractivity contribution >= 4 is 33.8 Å². The maximum Gasteiger partial charge on any atom is 0.306 e. The Kier molecular flexibility index (Phi) is 5.35. The summed E-state index contributed by atoms with van der Waals surface area (Å²) in [7, 11) is 0. The standard InChI is InChI=1S/C13H16N2O2S2/c1-2-17-12(16)6-5-10-9-19-13(15-10)14-8-11-4-3-7-18-11/h3-4,7,9H,2,5-6,8H2,1H3,(H,14,15). The van der Waals surface area contributed by atoms with Crippen molar-refractivity contribution in [3.8, 4) is 0 Å². The molecule has 19 heavy (non-hydrogen) atoms. The van der Waals surface area contributed by atoms with Crippen LogP contribution < -0.4 is 5.32 Å². The predicted molar refractivity (Wildman–Crippen MR) is 78.7 cm³/mol. The van der Waals surface area contributed by atoms with Gasteiger partial charge in [0.2, 0.25) is 0 Å². The van der Waals surface area contributed by atoms with Gasteiger partial charge in [0, 0.05) is 16.7 Å². The number of anilines is 1. The molecule has 0 saturated heterocycles. The van der Waals surface area contributed by atoms with Gasteiger partial charge in [0.1, 0.15) is 0 Å². The first-order valence-corrected chi connectivity index (χ1v) is 7.90. The Hall–Kier alpha value is -1.40. The van der Waals surface area contributed by atoms with Gasteiger partial charge in [-0.2, -0.15) is 0 Å². The third-order valence-electron chi connectivity index (χ3n) is 2.44. The number of hydrogen-bond donors (Lipinski definition) is 1. The van der Waals surface area contributed by atoms with Gasteiger partial charge in [-0.15, -0.1) is 22.7 Å². The molecule has 0 saturated carbocycles. The highest BCUT2D eigenvalue weighted by Crippen LogP contribution is 2.18. The van der Waals surface area contributed by atoms with E-state index in [-0.39, 0.29) is 5.97 Å². The summed E-state index contributed by atoms with van der Waals surface area (Å²) in [5.41, 5.74) is 0.937. The average Bonchev–Trinajstić information content (AvgIpc) is 3.06. The van der Waals surface area contributed by atoms with Gasteiger partial charge < -0.3 is 10.1 Å². The Morgan fingerprint density at radius 3 is 3.11 bits per heavy atom. The Morgan fingerprint density at radius 2 is 2.37 bits per heavy atom. The smallest absolute Gasteiger partial charge is 0.306 e. The monoisotopic (exact) mass is 296 g/mol. The molecule has 0 bridgehead atoms. The molecule has 4 nitrogen and oxygen atoms in total. The molecule has 2 heterocycles. The first kappa shape index (κ1) is 14.0. The second kappa shape index (κ2) is 7.25. The molecule has 0 aliphatic carbocycles. The maximum absolute atomic E-state index is 11.2. The molecule has 0 fully saturated rings. The second-order valence-corrected chi connectivity index (χ2v) is 5.77. The number of ether oxygens (including phenoxy) is 1. The zero-order valence-corrected chi connectivity index (χ0v) is 12.4. The van der Waals surface area contributed by atoms with Crippen molar-refractivity contribution in [3.63, 3.8) is 0 Å². The molecule has 0 spiro atoms. The van der Waals surface area contributed by atoms with Crippen LogP contribution in [0.25, 0.3) is 0 Å². The van der Waals surface area contributed by atoms with E-state index in [1.165, 1.54) is 4.88 Å². The number of aryl methyl sites for hydroxylation is 1. The highest BCUT2D eigenvalue weighted by Gasteiger charge is 2.06. The minimum absolute atomic E-state index is 0.163. The van der Waals surface area contributed by atoms with Crippen LogP contribution in [0.5, 0.6) is 0 Å². The molecular weight excluding hydrogens is 280 g/mol. The van der Waals surface area contributed by atoms with E-state index in [9.17, 15) is 4.79 Å². The fourth-order valence-electron chi connectivity index (χ4n) is 1.54. The fourth-order valence-corrected chi connectivity index (χ4v) is 2.93. The number of thiophene rings is 1. The SMILES string of the molecule is CCOC(=O)CCc1csc(NCc2cccs2)n1. The van der Waals surface area contributed by atoms with Gasteiger partial charge in [-0.25, -0.2) is 4.98 Å². The largest absolute Gasteiger partial charge is 0.466 e. The molecule has 0 unspecified atom stereocenters. The van der Waals surface area contributed by atoms with Crippen molar-refractivity contribution in [3.05, 3.63) is 33.5 Å². The molecule has 2 aromatic rings. The fraction of sp³-hybridized carbons (Fsp3) is 0.385. The van der Waals surface area contributed by atoms with E-state index >= 15 is 0 Å². The molecule has 0 amide bonds. The molecule has 2 aromatic heterocycles. The lowest BCUT2D eigenvalue weighted by Gasteiger charge is -2.00. The second-order valence-electron chi connectivity index (χ2n) is 3.88. The number of thiazole rings is 1. The van der Waals surface area contributed by atoms with Gasteiger partial charge in [0.05, 0.1) is 25.3 Å². The zero-order chi connectivity index (χ0) is 13.5. The van der Waals surface area contributed by atoms with Gasteiger partial charge in [-0.3, -0.25) is 4.79 Å². The summed E-state index contributed by atoms with van der Waals surface area (Å²) < 4.78 is 4.89. The first-order valence-electron chi connectivity index (χ1n) is 6.14. The third-order valence-corrected chi connectivity index (χ3v) is 4.16. The number of carbonyl (C=O) groups is 1. The van der Waals surface area contributed by atoms with Crippen LogP contribution in [0.2, 0.25) is 0 Å².